The summed E-state index contributed by atoms with van der Waals surface area (Å²) in [5.41, 5.74) is -0.571. The SMILES string of the molecule is CC(C)(C)OC(=O)CC1CCCCN1S(=O)(=O)c1cccnc1. The van der Waals surface area contributed by atoms with Crippen molar-refractivity contribution in [2.75, 3.05) is 6.54 Å². The highest BCUT2D eigenvalue weighted by Gasteiger charge is 2.35. The predicted molar refractivity (Wildman–Crippen MR) is 86.2 cm³/mol. The molecule has 1 aromatic heterocycles. The fraction of sp³-hybridized carbons (Fsp3) is 0.625. The fourth-order valence-electron chi connectivity index (χ4n) is 2.71. The average Bonchev–Trinajstić information content (AvgIpc) is 2.46. The number of rotatable bonds is 4. The van der Waals surface area contributed by atoms with E-state index >= 15 is 0 Å². The number of aromatic nitrogens is 1. The zero-order chi connectivity index (χ0) is 17.1. The van der Waals surface area contributed by atoms with Gasteiger partial charge >= 0.3 is 5.97 Å². The van der Waals surface area contributed by atoms with Crippen LogP contribution in [0.25, 0.3) is 0 Å². The summed E-state index contributed by atoms with van der Waals surface area (Å²) in [7, 11) is -3.64. The zero-order valence-electron chi connectivity index (χ0n) is 13.9. The lowest BCUT2D eigenvalue weighted by atomic mass is 10.0. The van der Waals surface area contributed by atoms with Gasteiger partial charge < -0.3 is 4.74 Å². The standard InChI is InChI=1S/C16H24N2O4S/c1-16(2,3)22-15(19)11-13-7-4-5-10-18(13)23(20,21)14-8-6-9-17-12-14/h6,8-9,12-13H,4-5,7,10-11H2,1-3H3. The summed E-state index contributed by atoms with van der Waals surface area (Å²) in [6.45, 7) is 5.83. The Balaban J connectivity index is 2.17. The molecule has 0 N–H and O–H groups in total. The Morgan fingerprint density at radius 3 is 2.74 bits per heavy atom. The van der Waals surface area contributed by atoms with Crippen molar-refractivity contribution in [1.29, 1.82) is 0 Å². The second-order valence-electron chi connectivity index (χ2n) is 6.74. The topological polar surface area (TPSA) is 76.6 Å². The summed E-state index contributed by atoms with van der Waals surface area (Å²) in [5, 5.41) is 0. The highest BCUT2D eigenvalue weighted by Crippen LogP contribution is 2.27. The molecular formula is C16H24N2O4S. The summed E-state index contributed by atoms with van der Waals surface area (Å²) in [5.74, 6) is -0.365. The molecule has 0 bridgehead atoms. The number of ether oxygens (including phenoxy) is 1. The Morgan fingerprint density at radius 2 is 2.13 bits per heavy atom. The minimum absolute atomic E-state index is 0.0801. The number of sulfonamides is 1. The van der Waals surface area contributed by atoms with E-state index in [1.54, 1.807) is 26.8 Å². The Morgan fingerprint density at radius 1 is 1.39 bits per heavy atom. The van der Waals surface area contributed by atoms with Crippen molar-refractivity contribution in [3.05, 3.63) is 24.5 Å². The van der Waals surface area contributed by atoms with E-state index in [9.17, 15) is 13.2 Å². The van der Waals surface area contributed by atoms with Gasteiger partial charge in [-0.25, -0.2) is 8.42 Å². The number of hydrogen-bond acceptors (Lipinski definition) is 5. The molecule has 1 atom stereocenters. The average molecular weight is 340 g/mol. The molecule has 1 aliphatic heterocycles. The van der Waals surface area contributed by atoms with Gasteiger partial charge in [-0.1, -0.05) is 6.42 Å². The van der Waals surface area contributed by atoms with Crippen LogP contribution in [0.15, 0.2) is 29.4 Å². The van der Waals surface area contributed by atoms with E-state index in [0.29, 0.717) is 13.0 Å². The van der Waals surface area contributed by atoms with Gasteiger partial charge in [-0.15, -0.1) is 0 Å². The second-order valence-corrected chi connectivity index (χ2v) is 8.64. The number of pyridine rings is 1. The van der Waals surface area contributed by atoms with E-state index in [1.165, 1.54) is 22.8 Å². The van der Waals surface area contributed by atoms with Gasteiger partial charge in [0.25, 0.3) is 0 Å². The summed E-state index contributed by atoms with van der Waals surface area (Å²) >= 11 is 0. The maximum absolute atomic E-state index is 12.8. The normalized spacial score (nSPS) is 20.2. The molecule has 2 heterocycles. The molecule has 128 valence electrons. The smallest absolute Gasteiger partial charge is 0.307 e. The molecule has 1 aliphatic rings. The lowest BCUT2D eigenvalue weighted by Gasteiger charge is -2.34. The highest BCUT2D eigenvalue weighted by molar-refractivity contribution is 7.89. The molecule has 0 spiro atoms. The van der Waals surface area contributed by atoms with Crippen LogP contribution in [-0.2, 0) is 19.6 Å². The molecule has 0 amide bonds. The first-order valence-electron chi connectivity index (χ1n) is 7.84. The number of hydrogen-bond donors (Lipinski definition) is 0. The number of nitrogens with zero attached hydrogens (tertiary/aromatic N) is 2. The van der Waals surface area contributed by atoms with Crippen molar-refractivity contribution >= 4 is 16.0 Å². The van der Waals surface area contributed by atoms with Crippen LogP contribution in [-0.4, -0.2) is 41.9 Å². The number of carbonyl (C=O) groups is 1. The van der Waals surface area contributed by atoms with E-state index in [1.807, 2.05) is 0 Å². The van der Waals surface area contributed by atoms with Crippen LogP contribution in [0.4, 0.5) is 0 Å². The first kappa shape index (κ1) is 17.9. The first-order valence-corrected chi connectivity index (χ1v) is 9.28. The van der Waals surface area contributed by atoms with E-state index < -0.39 is 15.6 Å². The van der Waals surface area contributed by atoms with Crippen LogP contribution in [0.5, 0.6) is 0 Å². The van der Waals surface area contributed by atoms with Gasteiger partial charge in [0, 0.05) is 25.0 Å². The predicted octanol–water partition coefficient (Wildman–Crippen LogP) is 2.36. The maximum Gasteiger partial charge on any atom is 0.307 e. The van der Waals surface area contributed by atoms with E-state index in [0.717, 1.165) is 12.8 Å². The third-order valence-corrected chi connectivity index (χ3v) is 5.57. The van der Waals surface area contributed by atoms with Gasteiger partial charge in [-0.05, 0) is 45.7 Å². The quantitative estimate of drug-likeness (QED) is 0.786. The maximum atomic E-state index is 12.8. The Kier molecular flexibility index (Phi) is 5.41. The minimum Gasteiger partial charge on any atom is -0.460 e. The molecular weight excluding hydrogens is 316 g/mol. The third kappa shape index (κ3) is 4.75. The Hall–Kier alpha value is -1.47. The number of piperidine rings is 1. The summed E-state index contributed by atoms with van der Waals surface area (Å²) < 4.78 is 32.4. The second kappa shape index (κ2) is 6.97. The zero-order valence-corrected chi connectivity index (χ0v) is 14.7. The lowest BCUT2D eigenvalue weighted by Crippen LogP contribution is -2.45. The molecule has 0 aliphatic carbocycles. The van der Waals surface area contributed by atoms with E-state index in [-0.39, 0.29) is 23.3 Å². The van der Waals surface area contributed by atoms with Gasteiger partial charge in [0.1, 0.15) is 10.5 Å². The highest BCUT2D eigenvalue weighted by atomic mass is 32.2. The molecule has 7 heteroatoms. The third-order valence-electron chi connectivity index (χ3n) is 3.64. The molecule has 1 fully saturated rings. The molecule has 1 saturated heterocycles. The number of esters is 1. The molecule has 23 heavy (non-hydrogen) atoms. The molecule has 6 nitrogen and oxygen atoms in total. The molecule has 1 unspecified atom stereocenters. The van der Waals surface area contributed by atoms with Crippen LogP contribution in [0.2, 0.25) is 0 Å². The van der Waals surface area contributed by atoms with Crippen LogP contribution >= 0.6 is 0 Å². The summed E-state index contributed by atoms with van der Waals surface area (Å²) in [6, 6.07) is 2.77. The van der Waals surface area contributed by atoms with E-state index in [2.05, 4.69) is 4.98 Å². The van der Waals surface area contributed by atoms with Gasteiger partial charge in [0.2, 0.25) is 10.0 Å². The fourth-order valence-corrected chi connectivity index (χ4v) is 4.36. The van der Waals surface area contributed by atoms with Gasteiger partial charge in [-0.3, -0.25) is 9.78 Å². The Bertz CT molecular complexity index is 638. The largest absolute Gasteiger partial charge is 0.460 e. The number of carbonyl (C=O) groups excluding carboxylic acids is 1. The lowest BCUT2D eigenvalue weighted by molar-refractivity contribution is -0.156. The Labute approximate surface area is 137 Å². The summed E-state index contributed by atoms with van der Waals surface area (Å²) in [6.07, 6.45) is 5.33. The van der Waals surface area contributed by atoms with Crippen LogP contribution in [0, 0.1) is 0 Å². The van der Waals surface area contributed by atoms with Gasteiger partial charge in [0.05, 0.1) is 6.42 Å². The van der Waals surface area contributed by atoms with Crippen molar-refractivity contribution in [3.8, 4) is 0 Å². The van der Waals surface area contributed by atoms with Gasteiger partial charge in [0.15, 0.2) is 0 Å². The monoisotopic (exact) mass is 340 g/mol. The van der Waals surface area contributed by atoms with Gasteiger partial charge in [-0.2, -0.15) is 4.31 Å². The summed E-state index contributed by atoms with van der Waals surface area (Å²) in [4.78, 5) is 16.1. The minimum atomic E-state index is -3.64. The van der Waals surface area contributed by atoms with Crippen molar-refractivity contribution < 1.29 is 17.9 Å². The molecule has 0 saturated carbocycles. The molecule has 0 radical (unpaired) electrons. The van der Waals surface area contributed by atoms with Crippen molar-refractivity contribution in [3.63, 3.8) is 0 Å². The molecule has 1 aromatic rings. The molecule has 0 aromatic carbocycles. The van der Waals surface area contributed by atoms with Crippen LogP contribution in [0.3, 0.4) is 0 Å². The van der Waals surface area contributed by atoms with Crippen LogP contribution in [0.1, 0.15) is 46.5 Å². The first-order chi connectivity index (χ1) is 10.7. The van der Waals surface area contributed by atoms with Crippen molar-refractivity contribution in [2.24, 2.45) is 0 Å². The van der Waals surface area contributed by atoms with E-state index in [4.69, 9.17) is 4.74 Å². The van der Waals surface area contributed by atoms with Crippen LogP contribution < -0.4 is 0 Å². The molecule has 2 rings (SSSR count). The van der Waals surface area contributed by atoms with Crippen molar-refractivity contribution in [1.82, 2.24) is 9.29 Å². The van der Waals surface area contributed by atoms with Crippen molar-refractivity contribution in [2.45, 2.75) is 63.0 Å².